The van der Waals surface area contributed by atoms with Crippen LogP contribution in [0.1, 0.15) is 22.6 Å². The summed E-state index contributed by atoms with van der Waals surface area (Å²) in [6.07, 6.45) is 6.18. The van der Waals surface area contributed by atoms with Crippen LogP contribution in [-0.4, -0.2) is 45.6 Å². The molecule has 7 nitrogen and oxygen atoms in total. The number of para-hydroxylation sites is 1. The van der Waals surface area contributed by atoms with E-state index in [2.05, 4.69) is 10.8 Å². The van der Waals surface area contributed by atoms with Gasteiger partial charge in [-0.3, -0.25) is 4.90 Å². The summed E-state index contributed by atoms with van der Waals surface area (Å²) >= 11 is 0. The molecule has 2 aromatic carbocycles. The van der Waals surface area contributed by atoms with Crippen molar-refractivity contribution in [1.29, 1.82) is 0 Å². The monoisotopic (exact) mass is 485 g/mol. The van der Waals surface area contributed by atoms with E-state index in [1.54, 1.807) is 6.26 Å². The zero-order valence-corrected chi connectivity index (χ0v) is 20.6. The summed E-state index contributed by atoms with van der Waals surface area (Å²) in [6.45, 7) is 5.64. The van der Waals surface area contributed by atoms with Gasteiger partial charge in [-0.05, 0) is 50.2 Å². The van der Waals surface area contributed by atoms with Crippen LogP contribution in [0.15, 0.2) is 77.4 Å². The Morgan fingerprint density at radius 2 is 1.83 bits per heavy atom. The van der Waals surface area contributed by atoms with Gasteiger partial charge < -0.3 is 19.0 Å². The molecular formula is C29H31N3O4. The number of aryl methyl sites for hydroxylation is 2. The molecule has 7 heteroatoms. The molecule has 0 bridgehead atoms. The van der Waals surface area contributed by atoms with Gasteiger partial charge in [0.25, 0.3) is 0 Å². The van der Waals surface area contributed by atoms with Crippen LogP contribution in [0.4, 0.5) is 0 Å². The number of furan rings is 1. The van der Waals surface area contributed by atoms with Crippen molar-refractivity contribution >= 4 is 0 Å². The molecule has 1 unspecified atom stereocenters. The van der Waals surface area contributed by atoms with E-state index in [9.17, 15) is 5.11 Å². The summed E-state index contributed by atoms with van der Waals surface area (Å²) in [5.41, 5.74) is 3.81. The molecule has 0 saturated heterocycles. The SMILES string of the molecule is C#CCOCC(O)CN(Cc1ccco1)Cc1c(C)nn(-c2ccccc2)c1Oc1ccc(C)cc1. The van der Waals surface area contributed by atoms with Crippen LogP contribution >= 0.6 is 0 Å². The van der Waals surface area contributed by atoms with Crippen molar-refractivity contribution in [2.75, 3.05) is 19.8 Å². The predicted octanol–water partition coefficient (Wildman–Crippen LogP) is 4.89. The van der Waals surface area contributed by atoms with Gasteiger partial charge in [0.05, 0.1) is 42.5 Å². The Balaban J connectivity index is 1.66. The number of hydrogen-bond donors (Lipinski definition) is 1. The van der Waals surface area contributed by atoms with Crippen LogP contribution in [-0.2, 0) is 17.8 Å². The lowest BCUT2D eigenvalue weighted by atomic mass is 10.2. The molecule has 0 aliphatic carbocycles. The highest BCUT2D eigenvalue weighted by molar-refractivity contribution is 5.43. The minimum Gasteiger partial charge on any atom is -0.468 e. The van der Waals surface area contributed by atoms with Crippen molar-refractivity contribution < 1.29 is 19.0 Å². The van der Waals surface area contributed by atoms with Crippen molar-refractivity contribution in [3.05, 3.63) is 95.6 Å². The standard InChI is InChI=1S/C29H31N3O4/c1-4-16-34-21-25(33)18-31(19-27-11-8-17-35-27)20-28-23(3)30-32(24-9-6-5-7-10-24)29(28)36-26-14-12-22(2)13-15-26/h1,5-15,17,25,33H,16,18-21H2,2-3H3. The van der Waals surface area contributed by atoms with Crippen LogP contribution in [0.2, 0.25) is 0 Å². The fraction of sp³-hybridized carbons (Fsp3) is 0.276. The Hall–Kier alpha value is -3.83. The van der Waals surface area contributed by atoms with Crippen LogP contribution in [0.25, 0.3) is 5.69 Å². The molecule has 4 aromatic rings. The summed E-state index contributed by atoms with van der Waals surface area (Å²) in [6, 6.07) is 21.6. The van der Waals surface area contributed by atoms with Gasteiger partial charge in [-0.15, -0.1) is 6.42 Å². The fourth-order valence-corrected chi connectivity index (χ4v) is 3.92. The molecule has 0 aliphatic rings. The normalized spacial score (nSPS) is 12.0. The summed E-state index contributed by atoms with van der Waals surface area (Å²) < 4.78 is 19.2. The van der Waals surface area contributed by atoms with Gasteiger partial charge in [0.2, 0.25) is 5.88 Å². The lowest BCUT2D eigenvalue weighted by Gasteiger charge is -2.24. The molecule has 0 aliphatic heterocycles. The van der Waals surface area contributed by atoms with E-state index in [4.69, 9.17) is 25.4 Å². The van der Waals surface area contributed by atoms with Gasteiger partial charge >= 0.3 is 0 Å². The number of hydrogen-bond acceptors (Lipinski definition) is 6. The quantitative estimate of drug-likeness (QED) is 0.228. The van der Waals surface area contributed by atoms with Gasteiger partial charge in [0.1, 0.15) is 18.1 Å². The zero-order chi connectivity index (χ0) is 25.3. The first-order valence-corrected chi connectivity index (χ1v) is 11.9. The first kappa shape index (κ1) is 25.3. The molecule has 0 fully saturated rings. The first-order valence-electron chi connectivity index (χ1n) is 11.9. The van der Waals surface area contributed by atoms with Crippen molar-refractivity contribution in [2.24, 2.45) is 0 Å². The highest BCUT2D eigenvalue weighted by Gasteiger charge is 2.23. The molecule has 186 valence electrons. The van der Waals surface area contributed by atoms with E-state index in [-0.39, 0.29) is 13.2 Å². The number of benzene rings is 2. The Morgan fingerprint density at radius 3 is 2.53 bits per heavy atom. The van der Waals surface area contributed by atoms with E-state index in [0.29, 0.717) is 25.5 Å². The van der Waals surface area contributed by atoms with E-state index in [1.807, 2.05) is 85.3 Å². The Kier molecular flexibility index (Phi) is 8.58. The van der Waals surface area contributed by atoms with Crippen LogP contribution in [0.3, 0.4) is 0 Å². The summed E-state index contributed by atoms with van der Waals surface area (Å²) in [7, 11) is 0. The molecule has 36 heavy (non-hydrogen) atoms. The molecule has 1 N–H and O–H groups in total. The Labute approximate surface area is 211 Å². The molecule has 0 saturated carbocycles. The molecule has 4 rings (SSSR count). The number of rotatable bonds is 12. The minimum absolute atomic E-state index is 0.147. The number of terminal acetylenes is 1. The maximum Gasteiger partial charge on any atom is 0.227 e. The number of nitrogens with zero attached hydrogens (tertiary/aromatic N) is 3. The molecule has 2 heterocycles. The Bertz CT molecular complexity index is 1260. The second kappa shape index (κ2) is 12.2. The molecule has 0 spiro atoms. The molecule has 1 atom stereocenters. The highest BCUT2D eigenvalue weighted by Crippen LogP contribution is 2.32. The number of aliphatic hydroxyl groups excluding tert-OH is 1. The van der Waals surface area contributed by atoms with Crippen molar-refractivity contribution in [2.45, 2.75) is 33.0 Å². The van der Waals surface area contributed by atoms with Gasteiger partial charge in [0, 0.05) is 13.1 Å². The van der Waals surface area contributed by atoms with Crippen molar-refractivity contribution in [1.82, 2.24) is 14.7 Å². The van der Waals surface area contributed by atoms with E-state index >= 15 is 0 Å². The lowest BCUT2D eigenvalue weighted by Crippen LogP contribution is -2.34. The van der Waals surface area contributed by atoms with E-state index in [1.165, 1.54) is 0 Å². The lowest BCUT2D eigenvalue weighted by molar-refractivity contribution is 0.0228. The highest BCUT2D eigenvalue weighted by atomic mass is 16.5. The zero-order valence-electron chi connectivity index (χ0n) is 20.6. The second-order valence-corrected chi connectivity index (χ2v) is 8.65. The average molecular weight is 486 g/mol. The van der Waals surface area contributed by atoms with E-state index in [0.717, 1.165) is 34.0 Å². The van der Waals surface area contributed by atoms with Gasteiger partial charge in [-0.2, -0.15) is 5.10 Å². The number of aliphatic hydroxyl groups is 1. The Morgan fingerprint density at radius 1 is 1.06 bits per heavy atom. The minimum atomic E-state index is -0.723. The first-order chi connectivity index (χ1) is 17.5. The van der Waals surface area contributed by atoms with Crippen LogP contribution in [0.5, 0.6) is 11.6 Å². The topological polar surface area (TPSA) is 72.9 Å². The third-order valence-electron chi connectivity index (χ3n) is 5.68. The third-order valence-corrected chi connectivity index (χ3v) is 5.68. The number of aromatic nitrogens is 2. The van der Waals surface area contributed by atoms with Crippen molar-refractivity contribution in [3.63, 3.8) is 0 Å². The summed E-state index contributed by atoms with van der Waals surface area (Å²) in [5.74, 6) is 4.57. The van der Waals surface area contributed by atoms with Gasteiger partial charge in [-0.25, -0.2) is 4.68 Å². The van der Waals surface area contributed by atoms with E-state index < -0.39 is 6.10 Å². The third kappa shape index (κ3) is 6.64. The second-order valence-electron chi connectivity index (χ2n) is 8.65. The van der Waals surface area contributed by atoms with Gasteiger partial charge in [-0.1, -0.05) is 41.8 Å². The maximum absolute atomic E-state index is 10.6. The van der Waals surface area contributed by atoms with Crippen LogP contribution < -0.4 is 4.74 Å². The molecule has 0 amide bonds. The summed E-state index contributed by atoms with van der Waals surface area (Å²) in [5, 5.41) is 15.4. The molecule has 2 aromatic heterocycles. The molecule has 0 radical (unpaired) electrons. The molecular weight excluding hydrogens is 454 g/mol. The summed E-state index contributed by atoms with van der Waals surface area (Å²) in [4.78, 5) is 2.09. The average Bonchev–Trinajstić information content (AvgIpc) is 3.49. The largest absolute Gasteiger partial charge is 0.468 e. The maximum atomic E-state index is 10.6. The number of ether oxygens (including phenoxy) is 2. The predicted molar refractivity (Wildman–Crippen MR) is 138 cm³/mol. The smallest absolute Gasteiger partial charge is 0.227 e. The van der Waals surface area contributed by atoms with Gasteiger partial charge in [0.15, 0.2) is 0 Å². The fourth-order valence-electron chi connectivity index (χ4n) is 3.92. The van der Waals surface area contributed by atoms with Crippen LogP contribution in [0, 0.1) is 26.2 Å². The van der Waals surface area contributed by atoms with Crippen molar-refractivity contribution in [3.8, 4) is 29.7 Å².